The number of carboxylic acid groups (broad SMARTS) is 1. The first-order chi connectivity index (χ1) is 10.8. The Morgan fingerprint density at radius 2 is 2.00 bits per heavy atom. The Morgan fingerprint density at radius 1 is 1.35 bits per heavy atom. The molecular weight excluding hydrogens is 312 g/mol. The van der Waals surface area contributed by atoms with Crippen LogP contribution in [0.3, 0.4) is 0 Å². The van der Waals surface area contributed by atoms with E-state index in [-0.39, 0.29) is 0 Å². The highest BCUT2D eigenvalue weighted by molar-refractivity contribution is 5.66. The van der Waals surface area contributed by atoms with E-state index in [1.807, 2.05) is 11.9 Å². The Bertz CT molecular complexity index is 625. The zero-order chi connectivity index (χ0) is 17.6. The van der Waals surface area contributed by atoms with Crippen LogP contribution in [0.2, 0.25) is 0 Å². The van der Waals surface area contributed by atoms with Crippen molar-refractivity contribution in [3.8, 4) is 0 Å². The molecule has 1 aromatic rings. The Morgan fingerprint density at radius 3 is 2.39 bits per heavy atom. The van der Waals surface area contributed by atoms with Crippen molar-refractivity contribution in [1.29, 1.82) is 0 Å². The minimum Gasteiger partial charge on any atom is -0.481 e. The van der Waals surface area contributed by atoms with Gasteiger partial charge in [0.1, 0.15) is 18.3 Å². The summed E-state index contributed by atoms with van der Waals surface area (Å²) < 4.78 is 6.08. The summed E-state index contributed by atoms with van der Waals surface area (Å²) in [5.41, 5.74) is -1.33. The Hall–Kier alpha value is -2.01. The molecule has 0 spiro atoms. The van der Waals surface area contributed by atoms with E-state index in [1.54, 1.807) is 0 Å². The Kier molecular flexibility index (Phi) is 7.10. The van der Waals surface area contributed by atoms with Crippen LogP contribution < -0.4 is 11.2 Å². The molecule has 0 aromatic carbocycles. The van der Waals surface area contributed by atoms with Crippen LogP contribution in [0, 0.1) is 0 Å². The minimum absolute atomic E-state index is 0.292. The molecule has 5 N–H and O–H groups in total. The molecule has 2 rings (SSSR count). The van der Waals surface area contributed by atoms with Crippen molar-refractivity contribution in [1.82, 2.24) is 9.55 Å². The lowest BCUT2D eigenvalue weighted by Gasteiger charge is -2.16. The maximum Gasteiger partial charge on any atom is 0.330 e. The number of carbonyl (C=O) groups is 1. The van der Waals surface area contributed by atoms with Crippen molar-refractivity contribution >= 4 is 5.97 Å². The largest absolute Gasteiger partial charge is 0.481 e. The molecule has 10 nitrogen and oxygen atoms in total. The third-order valence-corrected chi connectivity index (χ3v) is 3.11. The molecule has 0 saturated carbocycles. The summed E-state index contributed by atoms with van der Waals surface area (Å²) in [5, 5.41) is 36.0. The molecule has 0 unspecified atom stereocenters. The number of rotatable bonds is 4. The summed E-state index contributed by atoms with van der Waals surface area (Å²) in [5.74, 6) is -0.711. The lowest BCUT2D eigenvalue weighted by Crippen LogP contribution is -2.37. The molecule has 0 aliphatic carbocycles. The van der Waals surface area contributed by atoms with E-state index < -0.39 is 48.4 Å². The van der Waals surface area contributed by atoms with Crippen LogP contribution in [0.5, 0.6) is 0 Å². The first kappa shape index (κ1) is 19.0. The second kappa shape index (κ2) is 8.58. The van der Waals surface area contributed by atoms with Crippen LogP contribution in [-0.4, -0.2) is 60.9 Å². The number of aromatic nitrogens is 2. The monoisotopic (exact) mass is 332 g/mol. The van der Waals surface area contributed by atoms with Gasteiger partial charge < -0.3 is 25.2 Å². The van der Waals surface area contributed by atoms with Crippen LogP contribution in [0.15, 0.2) is 21.9 Å². The van der Waals surface area contributed by atoms with Crippen LogP contribution >= 0.6 is 0 Å². The van der Waals surface area contributed by atoms with Crippen molar-refractivity contribution in [2.75, 3.05) is 6.61 Å². The first-order valence-electron chi connectivity index (χ1n) is 6.97. The molecule has 2 heterocycles. The maximum absolute atomic E-state index is 11.4. The molecule has 10 heteroatoms. The topological polar surface area (TPSA) is 162 Å². The number of hydrogen-bond acceptors (Lipinski definition) is 7. The third kappa shape index (κ3) is 4.99. The second-order valence-electron chi connectivity index (χ2n) is 4.89. The number of H-pyrrole nitrogens is 1. The number of aliphatic carboxylic acids is 1. The van der Waals surface area contributed by atoms with Crippen molar-refractivity contribution in [2.24, 2.45) is 0 Å². The molecule has 0 amide bonds. The van der Waals surface area contributed by atoms with Gasteiger partial charge in [0.25, 0.3) is 5.56 Å². The van der Waals surface area contributed by atoms with Gasteiger partial charge in [-0.15, -0.1) is 0 Å². The maximum atomic E-state index is 11.4. The van der Waals surface area contributed by atoms with E-state index in [0.29, 0.717) is 6.42 Å². The molecule has 1 aromatic heterocycles. The second-order valence-corrected chi connectivity index (χ2v) is 4.89. The molecule has 1 fully saturated rings. The van der Waals surface area contributed by atoms with E-state index >= 15 is 0 Å². The number of ether oxygens (including phenoxy) is 1. The van der Waals surface area contributed by atoms with E-state index in [2.05, 4.69) is 0 Å². The number of carboxylic acids is 1. The number of nitrogens with one attached hydrogen (secondary N) is 1. The number of aliphatic hydroxyl groups excluding tert-OH is 3. The first-order valence-corrected chi connectivity index (χ1v) is 6.97. The van der Waals surface area contributed by atoms with Crippen molar-refractivity contribution in [3.63, 3.8) is 0 Å². The summed E-state index contributed by atoms with van der Waals surface area (Å²) in [6, 6.07) is 1.09. The normalized spacial score (nSPS) is 26.4. The van der Waals surface area contributed by atoms with Crippen LogP contribution in [0.4, 0.5) is 0 Å². The molecule has 4 atom stereocenters. The number of aliphatic hydroxyl groups is 3. The van der Waals surface area contributed by atoms with E-state index in [4.69, 9.17) is 14.9 Å². The molecule has 0 bridgehead atoms. The van der Waals surface area contributed by atoms with Crippen LogP contribution in [-0.2, 0) is 9.53 Å². The smallest absolute Gasteiger partial charge is 0.330 e. The van der Waals surface area contributed by atoms with Gasteiger partial charge in [-0.25, -0.2) is 4.79 Å². The van der Waals surface area contributed by atoms with Gasteiger partial charge in [-0.3, -0.25) is 19.1 Å². The van der Waals surface area contributed by atoms with Gasteiger partial charge >= 0.3 is 11.7 Å². The third-order valence-electron chi connectivity index (χ3n) is 3.11. The lowest BCUT2D eigenvalue weighted by molar-refractivity contribution is -0.137. The van der Waals surface area contributed by atoms with Gasteiger partial charge in [-0.1, -0.05) is 6.92 Å². The van der Waals surface area contributed by atoms with E-state index in [9.17, 15) is 24.6 Å². The molecule has 1 aliphatic heterocycles. The highest BCUT2D eigenvalue weighted by atomic mass is 16.6. The summed E-state index contributed by atoms with van der Waals surface area (Å²) >= 11 is 0. The number of nitrogens with zero attached hydrogens (tertiary/aromatic N) is 1. The molecule has 23 heavy (non-hydrogen) atoms. The highest BCUT2D eigenvalue weighted by Crippen LogP contribution is 2.27. The average molecular weight is 332 g/mol. The Labute approximate surface area is 130 Å². The minimum atomic E-state index is -1.35. The molecule has 0 radical (unpaired) electrons. The lowest BCUT2D eigenvalue weighted by atomic mass is 10.1. The van der Waals surface area contributed by atoms with Crippen molar-refractivity contribution < 1.29 is 30.0 Å². The SMILES string of the molecule is CCCC(=O)O.O=c1ccn([C@@H]2O[C@H](CO)[C@@H](O)[C@H]2O)c(=O)[nH]1. The Balaban J connectivity index is 0.000000379. The van der Waals surface area contributed by atoms with E-state index in [0.717, 1.165) is 23.3 Å². The predicted molar refractivity (Wildman–Crippen MR) is 76.9 cm³/mol. The summed E-state index contributed by atoms with van der Waals surface area (Å²) in [4.78, 5) is 33.9. The van der Waals surface area contributed by atoms with Crippen molar-refractivity contribution in [3.05, 3.63) is 33.1 Å². The summed E-state index contributed by atoms with van der Waals surface area (Å²) in [6.07, 6.45) is -2.56. The quantitative estimate of drug-likeness (QED) is 0.423. The van der Waals surface area contributed by atoms with Crippen LogP contribution in [0.25, 0.3) is 0 Å². The molecule has 130 valence electrons. The zero-order valence-corrected chi connectivity index (χ0v) is 12.5. The summed E-state index contributed by atoms with van der Waals surface area (Å²) in [6.45, 7) is 1.36. The van der Waals surface area contributed by atoms with Crippen molar-refractivity contribution in [2.45, 2.75) is 44.3 Å². The van der Waals surface area contributed by atoms with Gasteiger partial charge in [0.05, 0.1) is 6.61 Å². The molecule has 1 aliphatic rings. The summed E-state index contributed by atoms with van der Waals surface area (Å²) in [7, 11) is 0. The van der Waals surface area contributed by atoms with Gasteiger partial charge in [0.2, 0.25) is 0 Å². The number of aromatic amines is 1. The van der Waals surface area contributed by atoms with Gasteiger partial charge in [-0.05, 0) is 6.42 Å². The molecule has 1 saturated heterocycles. The van der Waals surface area contributed by atoms with Gasteiger partial charge in [-0.2, -0.15) is 0 Å². The fourth-order valence-corrected chi connectivity index (χ4v) is 1.95. The van der Waals surface area contributed by atoms with Gasteiger partial charge in [0, 0.05) is 18.7 Å². The predicted octanol–water partition coefficient (Wildman–Crippen LogP) is -1.98. The zero-order valence-electron chi connectivity index (χ0n) is 12.5. The van der Waals surface area contributed by atoms with Crippen LogP contribution in [0.1, 0.15) is 26.0 Å². The van der Waals surface area contributed by atoms with Gasteiger partial charge in [0.15, 0.2) is 6.23 Å². The standard InChI is InChI=1S/C9H12N2O6.C4H8O2/c12-3-4-6(14)7(15)8(17-4)11-2-1-5(13)10-9(11)16;1-2-3-4(5)6/h1-2,4,6-8,12,14-15H,3H2,(H,10,13,16);2-3H2,1H3,(H,5,6)/t4-,6-,7-,8-;/m1./s1. The van der Waals surface area contributed by atoms with E-state index in [1.165, 1.54) is 0 Å². The molecular formula is C13H20N2O8. The fourth-order valence-electron chi connectivity index (χ4n) is 1.95. The highest BCUT2D eigenvalue weighted by Gasteiger charge is 2.43. The average Bonchev–Trinajstić information content (AvgIpc) is 2.76. The fraction of sp³-hybridized carbons (Fsp3) is 0.615. The number of hydrogen-bond donors (Lipinski definition) is 5.